The molecule has 1 atom stereocenters. The van der Waals surface area contributed by atoms with Crippen LogP contribution in [-0.2, 0) is 17.6 Å². The number of amides is 1. The van der Waals surface area contributed by atoms with E-state index in [1.54, 1.807) is 10.9 Å². The molecule has 0 bridgehead atoms. The molecule has 2 aromatic heterocycles. The van der Waals surface area contributed by atoms with Gasteiger partial charge < -0.3 is 10.2 Å². The molecule has 1 N–H and O–H groups in total. The molecule has 0 spiro atoms. The Labute approximate surface area is 168 Å². The van der Waals surface area contributed by atoms with Gasteiger partial charge in [0.2, 0.25) is 5.91 Å². The number of aromatic nitrogens is 4. The van der Waals surface area contributed by atoms with Gasteiger partial charge in [0.1, 0.15) is 17.6 Å². The molecule has 0 unspecified atom stereocenters. The maximum Gasteiger partial charge on any atom is 0.252 e. The molecule has 3 heterocycles. The van der Waals surface area contributed by atoms with Gasteiger partial charge in [0.15, 0.2) is 5.82 Å². The second-order valence-electron chi connectivity index (χ2n) is 8.46. The molecule has 2 aromatic rings. The zero-order chi connectivity index (χ0) is 20.9. The first-order valence-corrected chi connectivity index (χ1v) is 9.96. The van der Waals surface area contributed by atoms with Crippen molar-refractivity contribution in [3.05, 3.63) is 29.5 Å². The Bertz CT molecular complexity index is 933. The average molecular weight is 404 g/mol. The van der Waals surface area contributed by atoms with Crippen molar-refractivity contribution < 1.29 is 13.6 Å². The summed E-state index contributed by atoms with van der Waals surface area (Å²) in [6, 6.07) is -0.491. The van der Waals surface area contributed by atoms with E-state index >= 15 is 0 Å². The van der Waals surface area contributed by atoms with Gasteiger partial charge in [-0.15, -0.1) is 0 Å². The number of fused-ring (bicyclic) bond motifs is 1. The molecule has 1 aliphatic carbocycles. The quantitative estimate of drug-likeness (QED) is 0.829. The molecule has 156 valence electrons. The number of rotatable bonds is 5. The number of carbonyl (C=O) groups excluding carboxylic acids is 1. The minimum absolute atomic E-state index is 0.0385. The molecular weight excluding hydrogens is 378 g/mol. The predicted molar refractivity (Wildman–Crippen MR) is 105 cm³/mol. The van der Waals surface area contributed by atoms with Gasteiger partial charge in [-0.3, -0.25) is 9.48 Å². The fourth-order valence-electron chi connectivity index (χ4n) is 4.16. The van der Waals surface area contributed by atoms with E-state index < -0.39 is 5.92 Å². The van der Waals surface area contributed by atoms with Crippen LogP contribution in [0, 0.1) is 12.8 Å². The summed E-state index contributed by atoms with van der Waals surface area (Å²) in [5.74, 6) is -1.02. The van der Waals surface area contributed by atoms with Crippen molar-refractivity contribution in [3.8, 4) is 0 Å². The summed E-state index contributed by atoms with van der Waals surface area (Å²) in [4.78, 5) is 23.6. The number of likely N-dealkylation sites (N-methyl/N-ethyl adjacent to an activating group) is 1. The van der Waals surface area contributed by atoms with Gasteiger partial charge in [-0.1, -0.05) is 13.8 Å². The number of nitrogens with one attached hydrogen (secondary N) is 1. The Kier molecular flexibility index (Phi) is 4.78. The molecule has 0 aromatic carbocycles. The summed E-state index contributed by atoms with van der Waals surface area (Å²) in [5.41, 5.74) is 2.37. The Morgan fingerprint density at radius 1 is 1.28 bits per heavy atom. The van der Waals surface area contributed by atoms with Crippen LogP contribution in [0.2, 0.25) is 0 Å². The molecule has 1 fully saturated rings. The van der Waals surface area contributed by atoms with E-state index in [-0.39, 0.29) is 36.8 Å². The SMILES string of the molecule is Cc1nc(CCc2cnn(C3CC(F)(F)C3)c2)nc2c1NC(=O)[C@H](C(C)C)N2C. The normalized spacial score (nSPS) is 21.1. The number of halogens is 2. The zero-order valence-corrected chi connectivity index (χ0v) is 17.1. The first-order chi connectivity index (χ1) is 13.6. The van der Waals surface area contributed by atoms with Crippen LogP contribution in [0.1, 0.15) is 49.8 Å². The van der Waals surface area contributed by atoms with E-state index in [1.165, 1.54) is 0 Å². The van der Waals surface area contributed by atoms with Crippen molar-refractivity contribution in [2.24, 2.45) is 5.92 Å². The van der Waals surface area contributed by atoms with E-state index in [4.69, 9.17) is 4.98 Å². The minimum Gasteiger partial charge on any atom is -0.346 e. The summed E-state index contributed by atoms with van der Waals surface area (Å²) >= 11 is 0. The molecule has 9 heteroatoms. The lowest BCUT2D eigenvalue weighted by molar-refractivity contribution is -0.118. The molecule has 2 aliphatic rings. The highest BCUT2D eigenvalue weighted by Gasteiger charge is 2.46. The summed E-state index contributed by atoms with van der Waals surface area (Å²) in [5, 5.41) is 7.19. The minimum atomic E-state index is -2.55. The molecule has 4 rings (SSSR count). The number of nitrogens with zero attached hydrogens (tertiary/aromatic N) is 5. The van der Waals surface area contributed by atoms with Crippen molar-refractivity contribution >= 4 is 17.4 Å². The lowest BCUT2D eigenvalue weighted by Crippen LogP contribution is -2.49. The maximum absolute atomic E-state index is 13.1. The third kappa shape index (κ3) is 3.70. The highest BCUT2D eigenvalue weighted by Crippen LogP contribution is 2.45. The van der Waals surface area contributed by atoms with E-state index in [1.807, 2.05) is 38.9 Å². The molecule has 1 saturated carbocycles. The highest BCUT2D eigenvalue weighted by atomic mass is 19.3. The fourth-order valence-corrected chi connectivity index (χ4v) is 4.16. The average Bonchev–Trinajstić information content (AvgIpc) is 3.07. The van der Waals surface area contributed by atoms with Crippen LogP contribution in [0.4, 0.5) is 20.3 Å². The number of carbonyl (C=O) groups is 1. The van der Waals surface area contributed by atoms with Gasteiger partial charge in [0, 0.05) is 32.5 Å². The molecule has 0 saturated heterocycles. The first kappa shape index (κ1) is 19.7. The van der Waals surface area contributed by atoms with Crippen LogP contribution in [0.5, 0.6) is 0 Å². The fraction of sp³-hybridized carbons (Fsp3) is 0.600. The van der Waals surface area contributed by atoms with Crippen LogP contribution in [0.3, 0.4) is 0 Å². The monoisotopic (exact) mass is 404 g/mol. The summed E-state index contributed by atoms with van der Waals surface area (Å²) in [6.45, 7) is 5.88. The molecule has 29 heavy (non-hydrogen) atoms. The predicted octanol–water partition coefficient (Wildman–Crippen LogP) is 3.15. The first-order valence-electron chi connectivity index (χ1n) is 9.96. The van der Waals surface area contributed by atoms with Crippen molar-refractivity contribution in [2.45, 2.75) is 64.5 Å². The van der Waals surface area contributed by atoms with Crippen molar-refractivity contribution in [1.29, 1.82) is 0 Å². The second-order valence-corrected chi connectivity index (χ2v) is 8.46. The lowest BCUT2D eigenvalue weighted by atomic mass is 9.88. The van der Waals surface area contributed by atoms with Crippen LogP contribution in [-0.4, -0.2) is 44.7 Å². The number of aryl methyl sites for hydroxylation is 3. The third-order valence-corrected chi connectivity index (χ3v) is 5.75. The topological polar surface area (TPSA) is 75.9 Å². The van der Waals surface area contributed by atoms with E-state index in [0.29, 0.717) is 24.4 Å². The van der Waals surface area contributed by atoms with Crippen LogP contribution >= 0.6 is 0 Å². The van der Waals surface area contributed by atoms with Crippen molar-refractivity contribution in [2.75, 3.05) is 17.3 Å². The summed E-state index contributed by atoms with van der Waals surface area (Å²) in [6.07, 6.45) is 4.56. The van der Waals surface area contributed by atoms with E-state index in [0.717, 1.165) is 17.1 Å². The summed E-state index contributed by atoms with van der Waals surface area (Å²) < 4.78 is 27.8. The van der Waals surface area contributed by atoms with Gasteiger partial charge in [-0.2, -0.15) is 5.10 Å². The smallest absolute Gasteiger partial charge is 0.252 e. The summed E-state index contributed by atoms with van der Waals surface area (Å²) in [7, 11) is 1.89. The molecule has 1 amide bonds. The number of alkyl halides is 2. The van der Waals surface area contributed by atoms with Gasteiger partial charge in [-0.25, -0.2) is 18.7 Å². The Balaban J connectivity index is 1.48. The highest BCUT2D eigenvalue weighted by molar-refractivity contribution is 6.03. The Hall–Kier alpha value is -2.58. The third-order valence-electron chi connectivity index (χ3n) is 5.75. The number of hydrogen-bond donors (Lipinski definition) is 1. The van der Waals surface area contributed by atoms with E-state index in [9.17, 15) is 13.6 Å². The van der Waals surface area contributed by atoms with Gasteiger partial charge in [0.05, 0.1) is 17.9 Å². The number of hydrogen-bond acceptors (Lipinski definition) is 5. The number of anilines is 2. The van der Waals surface area contributed by atoms with Gasteiger partial charge in [0.25, 0.3) is 5.92 Å². The Morgan fingerprint density at radius 3 is 2.66 bits per heavy atom. The largest absolute Gasteiger partial charge is 0.346 e. The standard InChI is InChI=1S/C20H26F2N6O/c1-11(2)17-19(29)26-16-12(3)24-15(25-18(16)27(17)4)6-5-13-9-23-28(10-13)14-7-20(21,22)8-14/h9-11,14,17H,5-8H2,1-4H3,(H,26,29)/t17-/m0/s1. The van der Waals surface area contributed by atoms with Crippen LogP contribution in [0.15, 0.2) is 12.4 Å². The molecule has 7 nitrogen and oxygen atoms in total. The van der Waals surface area contributed by atoms with Crippen LogP contribution < -0.4 is 10.2 Å². The van der Waals surface area contributed by atoms with E-state index in [2.05, 4.69) is 15.4 Å². The lowest BCUT2D eigenvalue weighted by Gasteiger charge is -2.36. The molecule has 0 radical (unpaired) electrons. The maximum atomic E-state index is 13.1. The van der Waals surface area contributed by atoms with Gasteiger partial charge >= 0.3 is 0 Å². The molecular formula is C20H26F2N6O. The molecule has 1 aliphatic heterocycles. The second kappa shape index (κ2) is 7.03. The van der Waals surface area contributed by atoms with Crippen molar-refractivity contribution in [1.82, 2.24) is 19.7 Å². The van der Waals surface area contributed by atoms with Crippen molar-refractivity contribution in [3.63, 3.8) is 0 Å². The van der Waals surface area contributed by atoms with Crippen LogP contribution in [0.25, 0.3) is 0 Å². The zero-order valence-electron chi connectivity index (χ0n) is 17.1. The Morgan fingerprint density at radius 2 is 2.00 bits per heavy atom. The van der Waals surface area contributed by atoms with Gasteiger partial charge in [-0.05, 0) is 24.8 Å².